The molecule has 0 aliphatic carbocycles. The van der Waals surface area contributed by atoms with E-state index in [1.807, 2.05) is 18.2 Å². The topological polar surface area (TPSA) is 118 Å². The van der Waals surface area contributed by atoms with E-state index < -0.39 is 33.5 Å². The SMILES string of the molecule is COc1cc(-c2ccc(COc3cccc([C@H](O)[C@@](C)(F)C(=O)NS(C)(=O)=O)c3)cc2CN(C(C)C)C(C)C)c(F)cn1. The van der Waals surface area contributed by atoms with Crippen LogP contribution >= 0.6 is 0 Å². The monoisotopic (exact) mass is 619 g/mol. The summed E-state index contributed by atoms with van der Waals surface area (Å²) < 4.78 is 65.6. The van der Waals surface area contributed by atoms with E-state index in [0.717, 1.165) is 24.2 Å². The zero-order valence-electron chi connectivity index (χ0n) is 25.4. The van der Waals surface area contributed by atoms with Gasteiger partial charge in [-0.25, -0.2) is 22.2 Å². The third-order valence-corrected chi connectivity index (χ3v) is 7.55. The van der Waals surface area contributed by atoms with Crippen molar-refractivity contribution in [1.29, 1.82) is 0 Å². The molecule has 1 heterocycles. The molecule has 0 bridgehead atoms. The Kier molecular flexibility index (Phi) is 10.9. The number of nitrogens with zero attached hydrogens (tertiary/aromatic N) is 2. The van der Waals surface area contributed by atoms with Crippen LogP contribution in [0.3, 0.4) is 0 Å². The number of halogens is 2. The summed E-state index contributed by atoms with van der Waals surface area (Å²) in [6.45, 7) is 9.81. The fourth-order valence-electron chi connectivity index (χ4n) is 4.67. The lowest BCUT2D eigenvalue weighted by atomic mass is 9.94. The van der Waals surface area contributed by atoms with E-state index in [-0.39, 0.29) is 30.0 Å². The molecular formula is C31H39F2N3O6S. The summed E-state index contributed by atoms with van der Waals surface area (Å²) in [6.07, 6.45) is -0.117. The number of ether oxygens (including phenoxy) is 2. The molecule has 0 aliphatic heterocycles. The number of nitrogens with one attached hydrogen (secondary N) is 1. The number of carbonyl (C=O) groups excluding carboxylic acids is 1. The van der Waals surface area contributed by atoms with Crippen molar-refractivity contribution in [3.05, 3.63) is 77.2 Å². The van der Waals surface area contributed by atoms with Crippen molar-refractivity contribution in [2.24, 2.45) is 0 Å². The Labute approximate surface area is 251 Å². The Morgan fingerprint density at radius 1 is 1.09 bits per heavy atom. The lowest BCUT2D eigenvalue weighted by Gasteiger charge is -2.31. The first kappa shape index (κ1) is 33.9. The van der Waals surface area contributed by atoms with Gasteiger partial charge in [0.05, 0.1) is 19.6 Å². The molecule has 2 aromatic carbocycles. The second kappa shape index (κ2) is 13.8. The second-order valence-corrected chi connectivity index (χ2v) is 12.8. The highest BCUT2D eigenvalue weighted by molar-refractivity contribution is 7.89. The van der Waals surface area contributed by atoms with Crippen LogP contribution < -0.4 is 14.2 Å². The van der Waals surface area contributed by atoms with Crippen LogP contribution in [0.25, 0.3) is 11.1 Å². The molecule has 3 rings (SSSR count). The van der Waals surface area contributed by atoms with Crippen molar-refractivity contribution in [2.75, 3.05) is 13.4 Å². The standard InChI is InChI=1S/C31H39F2N3O6S/c1-19(2)36(20(3)4)17-23-13-21(11-12-25(23)26-15-28(41-6)34-16-27(26)32)18-42-24-10-8-9-22(14-24)29(37)31(5,33)30(38)35-43(7,39)40/h8-16,19-20,29,37H,17-18H2,1-7H3,(H,35,38)/t29-,31+/m0/s1. The molecule has 234 valence electrons. The van der Waals surface area contributed by atoms with E-state index in [1.54, 1.807) is 16.9 Å². The maximum Gasteiger partial charge on any atom is 0.273 e. The number of hydrogen-bond acceptors (Lipinski definition) is 8. The van der Waals surface area contributed by atoms with E-state index in [0.29, 0.717) is 29.8 Å². The van der Waals surface area contributed by atoms with Crippen molar-refractivity contribution < 1.29 is 36.6 Å². The van der Waals surface area contributed by atoms with Crippen molar-refractivity contribution in [1.82, 2.24) is 14.6 Å². The van der Waals surface area contributed by atoms with E-state index >= 15 is 4.39 Å². The third kappa shape index (κ3) is 8.71. The summed E-state index contributed by atoms with van der Waals surface area (Å²) in [4.78, 5) is 18.4. The Morgan fingerprint density at radius 3 is 2.37 bits per heavy atom. The Hall–Kier alpha value is -3.61. The van der Waals surface area contributed by atoms with Gasteiger partial charge in [0.1, 0.15) is 24.3 Å². The predicted molar refractivity (Wildman–Crippen MR) is 160 cm³/mol. The summed E-state index contributed by atoms with van der Waals surface area (Å²) in [5.41, 5.74) is -0.221. The molecule has 2 atom stereocenters. The second-order valence-electron chi connectivity index (χ2n) is 11.1. The number of carbonyl (C=O) groups is 1. The molecule has 43 heavy (non-hydrogen) atoms. The summed E-state index contributed by atoms with van der Waals surface area (Å²) in [5, 5.41) is 10.6. The summed E-state index contributed by atoms with van der Waals surface area (Å²) in [7, 11) is -2.56. The van der Waals surface area contributed by atoms with Crippen LogP contribution in [-0.2, 0) is 28.0 Å². The highest BCUT2D eigenvalue weighted by Gasteiger charge is 2.43. The van der Waals surface area contributed by atoms with Gasteiger partial charge < -0.3 is 14.6 Å². The smallest absolute Gasteiger partial charge is 0.273 e. The number of aromatic nitrogens is 1. The first-order chi connectivity index (χ1) is 20.0. The van der Waals surface area contributed by atoms with E-state index in [2.05, 4.69) is 37.6 Å². The number of methoxy groups -OCH3 is 1. The van der Waals surface area contributed by atoms with Crippen LogP contribution in [0.4, 0.5) is 8.78 Å². The van der Waals surface area contributed by atoms with Crippen LogP contribution in [0.5, 0.6) is 11.6 Å². The molecule has 2 N–H and O–H groups in total. The Bertz CT molecular complexity index is 1540. The lowest BCUT2D eigenvalue weighted by molar-refractivity contribution is -0.137. The first-order valence-corrected chi connectivity index (χ1v) is 15.6. The van der Waals surface area contributed by atoms with Gasteiger partial charge in [0, 0.05) is 30.3 Å². The summed E-state index contributed by atoms with van der Waals surface area (Å²) >= 11 is 0. The average molecular weight is 620 g/mol. The van der Waals surface area contributed by atoms with Gasteiger partial charge in [0.25, 0.3) is 5.91 Å². The van der Waals surface area contributed by atoms with E-state index in [1.165, 1.54) is 25.3 Å². The fraction of sp³-hybridized carbons (Fsp3) is 0.419. The quantitative estimate of drug-likeness (QED) is 0.277. The fourth-order valence-corrected chi connectivity index (χ4v) is 5.21. The number of aliphatic hydroxyl groups is 1. The molecule has 3 aromatic rings. The molecule has 12 heteroatoms. The zero-order valence-corrected chi connectivity index (χ0v) is 26.2. The van der Waals surface area contributed by atoms with E-state index in [4.69, 9.17) is 9.47 Å². The number of benzene rings is 2. The molecule has 0 fully saturated rings. The molecule has 0 unspecified atom stereocenters. The van der Waals surface area contributed by atoms with Gasteiger partial charge in [-0.3, -0.25) is 14.4 Å². The third-order valence-electron chi connectivity index (χ3n) is 6.99. The molecular weight excluding hydrogens is 580 g/mol. The van der Waals surface area contributed by atoms with Crippen LogP contribution in [-0.4, -0.2) is 60.4 Å². The molecule has 0 aliphatic rings. The molecule has 0 spiro atoms. The van der Waals surface area contributed by atoms with Crippen LogP contribution in [0.1, 0.15) is 57.4 Å². The van der Waals surface area contributed by atoms with Gasteiger partial charge in [0.15, 0.2) is 0 Å². The molecule has 0 saturated carbocycles. The number of hydrogen-bond donors (Lipinski definition) is 2. The van der Waals surface area contributed by atoms with Crippen molar-refractivity contribution in [3.8, 4) is 22.8 Å². The first-order valence-electron chi connectivity index (χ1n) is 13.7. The highest BCUT2D eigenvalue weighted by atomic mass is 32.2. The number of alkyl halides is 1. The van der Waals surface area contributed by atoms with Gasteiger partial charge in [-0.2, -0.15) is 0 Å². The summed E-state index contributed by atoms with van der Waals surface area (Å²) in [6, 6.07) is 13.5. The molecule has 9 nitrogen and oxygen atoms in total. The average Bonchev–Trinajstić information content (AvgIpc) is 2.93. The minimum Gasteiger partial charge on any atom is -0.489 e. The van der Waals surface area contributed by atoms with Gasteiger partial charge in [-0.15, -0.1) is 0 Å². The van der Waals surface area contributed by atoms with Crippen LogP contribution in [0.15, 0.2) is 54.7 Å². The van der Waals surface area contributed by atoms with Crippen LogP contribution in [0.2, 0.25) is 0 Å². The van der Waals surface area contributed by atoms with Crippen LogP contribution in [0, 0.1) is 5.82 Å². The van der Waals surface area contributed by atoms with Crippen molar-refractivity contribution in [2.45, 2.75) is 71.6 Å². The molecule has 0 radical (unpaired) electrons. The minimum atomic E-state index is -4.03. The minimum absolute atomic E-state index is 0.0220. The number of amides is 1. The number of aliphatic hydroxyl groups excluding tert-OH is 1. The maximum absolute atomic E-state index is 15.2. The highest BCUT2D eigenvalue weighted by Crippen LogP contribution is 2.33. The lowest BCUT2D eigenvalue weighted by Crippen LogP contribution is -2.47. The number of rotatable bonds is 13. The van der Waals surface area contributed by atoms with Gasteiger partial charge in [-0.1, -0.05) is 30.3 Å². The van der Waals surface area contributed by atoms with Gasteiger partial charge in [0.2, 0.25) is 21.6 Å². The zero-order chi connectivity index (χ0) is 32.1. The Morgan fingerprint density at radius 2 is 1.77 bits per heavy atom. The number of pyridine rings is 1. The number of sulfonamides is 1. The van der Waals surface area contributed by atoms with Crippen molar-refractivity contribution in [3.63, 3.8) is 0 Å². The predicted octanol–water partition coefficient (Wildman–Crippen LogP) is 4.93. The van der Waals surface area contributed by atoms with Crippen molar-refractivity contribution >= 4 is 15.9 Å². The normalized spacial score (nSPS) is 14.1. The largest absolute Gasteiger partial charge is 0.489 e. The molecule has 1 amide bonds. The van der Waals surface area contributed by atoms with E-state index in [9.17, 15) is 22.7 Å². The molecule has 1 aromatic heterocycles. The van der Waals surface area contributed by atoms with Gasteiger partial charge in [-0.05, 0) is 69.0 Å². The van der Waals surface area contributed by atoms with Gasteiger partial charge >= 0.3 is 0 Å². The summed E-state index contributed by atoms with van der Waals surface area (Å²) in [5.74, 6) is -1.38. The molecule has 0 saturated heterocycles. The maximum atomic E-state index is 15.2. The Balaban J connectivity index is 1.90.